The molecule has 1 atom stereocenters. The number of carbonyl (C=O) groups excluding carboxylic acids is 1. The van der Waals surface area contributed by atoms with E-state index < -0.39 is 11.0 Å². The molecule has 2 aromatic rings. The molecule has 2 heterocycles. The lowest BCUT2D eigenvalue weighted by molar-refractivity contribution is 0.248. The highest BCUT2D eigenvalue weighted by molar-refractivity contribution is 7.83. The van der Waals surface area contributed by atoms with Gasteiger partial charge in [0, 0.05) is 0 Å². The number of hydrogen-bond donors (Lipinski definition) is 1. The van der Waals surface area contributed by atoms with E-state index in [2.05, 4.69) is 9.71 Å². The zero-order valence-electron chi connectivity index (χ0n) is 6.93. The Morgan fingerprint density at radius 2 is 2.14 bits per heavy atom. The summed E-state index contributed by atoms with van der Waals surface area (Å²) in [6, 6.07) is 6.81. The van der Waals surface area contributed by atoms with Gasteiger partial charge < -0.3 is 0 Å². The Balaban J connectivity index is 2.49. The van der Waals surface area contributed by atoms with Gasteiger partial charge in [-0.25, -0.2) is 23.3 Å². The Labute approximate surface area is 81.3 Å². The second-order valence-electron chi connectivity index (χ2n) is 2.89. The van der Waals surface area contributed by atoms with E-state index in [0.29, 0.717) is 11.0 Å². The van der Waals surface area contributed by atoms with E-state index >= 15 is 0 Å². The molecule has 1 amide bonds. The van der Waals surface area contributed by atoms with Crippen LogP contribution in [0.4, 0.5) is 4.79 Å². The number of amides is 1. The summed E-state index contributed by atoms with van der Waals surface area (Å²) in [5.74, 6) is 0. The summed E-state index contributed by atoms with van der Waals surface area (Å²) in [7, 11) is -1.51. The van der Waals surface area contributed by atoms with Crippen LogP contribution in [0.3, 0.4) is 0 Å². The van der Waals surface area contributed by atoms with Gasteiger partial charge in [-0.15, -0.1) is 0 Å². The van der Waals surface area contributed by atoms with Gasteiger partial charge in [-0.2, -0.15) is 0 Å². The first-order valence-electron chi connectivity index (χ1n) is 3.97. The molecule has 6 heteroatoms. The zero-order chi connectivity index (χ0) is 9.71. The van der Waals surface area contributed by atoms with Gasteiger partial charge in [0.25, 0.3) is 0 Å². The average molecular weight is 207 g/mol. The topological polar surface area (TPSA) is 64.0 Å². The number of fused-ring (bicyclic) bond motifs is 3. The fraction of sp³-hybridized carbons (Fsp3) is 0. The van der Waals surface area contributed by atoms with Gasteiger partial charge >= 0.3 is 6.03 Å². The molecule has 0 spiro atoms. The summed E-state index contributed by atoms with van der Waals surface area (Å²) in [6.07, 6.45) is 0. The summed E-state index contributed by atoms with van der Waals surface area (Å²) < 4.78 is 15.0. The fourth-order valence-corrected chi connectivity index (χ4v) is 2.36. The van der Waals surface area contributed by atoms with Crippen molar-refractivity contribution in [1.82, 2.24) is 14.3 Å². The van der Waals surface area contributed by atoms with Crippen molar-refractivity contribution in [3.8, 4) is 0 Å². The summed E-state index contributed by atoms with van der Waals surface area (Å²) in [5, 5.41) is 0.274. The monoisotopic (exact) mass is 207 g/mol. The molecule has 0 bridgehead atoms. The molecule has 1 aromatic heterocycles. The lowest BCUT2D eigenvalue weighted by Crippen LogP contribution is -2.19. The number of nitrogens with zero attached hydrogens (tertiary/aromatic N) is 2. The maximum absolute atomic E-state index is 11.4. The normalized spacial score (nSPS) is 19.7. The van der Waals surface area contributed by atoms with Crippen LogP contribution in [0.1, 0.15) is 0 Å². The molecule has 0 saturated heterocycles. The van der Waals surface area contributed by atoms with Crippen molar-refractivity contribution >= 4 is 28.1 Å². The van der Waals surface area contributed by atoms with Crippen molar-refractivity contribution in [2.45, 2.75) is 5.16 Å². The largest absolute Gasteiger partial charge is 0.340 e. The Kier molecular flexibility index (Phi) is 1.33. The lowest BCUT2D eigenvalue weighted by Gasteiger charge is -1.93. The number of para-hydroxylation sites is 2. The Morgan fingerprint density at radius 1 is 1.36 bits per heavy atom. The second-order valence-corrected chi connectivity index (χ2v) is 4.00. The van der Waals surface area contributed by atoms with Crippen LogP contribution in [0.15, 0.2) is 29.4 Å². The van der Waals surface area contributed by atoms with E-state index in [0.717, 1.165) is 0 Å². The number of aromatic nitrogens is 2. The number of hydrogen-bond acceptors (Lipinski definition) is 3. The molecule has 1 aliphatic rings. The third-order valence-electron chi connectivity index (χ3n) is 2.08. The van der Waals surface area contributed by atoms with E-state index in [1.807, 2.05) is 12.1 Å². The third kappa shape index (κ3) is 0.805. The van der Waals surface area contributed by atoms with Gasteiger partial charge in [0.2, 0.25) is 5.16 Å². The van der Waals surface area contributed by atoms with E-state index in [9.17, 15) is 9.00 Å². The highest BCUT2D eigenvalue weighted by Crippen LogP contribution is 2.20. The van der Waals surface area contributed by atoms with Crippen molar-refractivity contribution in [3.05, 3.63) is 24.3 Å². The molecule has 1 unspecified atom stereocenters. The minimum atomic E-state index is -1.51. The van der Waals surface area contributed by atoms with E-state index in [1.165, 1.54) is 4.57 Å². The number of imidazole rings is 1. The van der Waals surface area contributed by atoms with Crippen molar-refractivity contribution in [2.75, 3.05) is 0 Å². The number of benzene rings is 1. The molecule has 0 fully saturated rings. The average Bonchev–Trinajstić information content (AvgIpc) is 2.66. The predicted octanol–water partition coefficient (Wildman–Crippen LogP) is 0.630. The van der Waals surface area contributed by atoms with Crippen molar-refractivity contribution < 1.29 is 9.00 Å². The molecule has 0 aliphatic carbocycles. The summed E-state index contributed by atoms with van der Waals surface area (Å²) in [6.45, 7) is 0. The quantitative estimate of drug-likeness (QED) is 0.689. The number of rotatable bonds is 0. The van der Waals surface area contributed by atoms with Crippen LogP contribution in [0.2, 0.25) is 0 Å². The molecule has 1 aromatic carbocycles. The predicted molar refractivity (Wildman–Crippen MR) is 50.1 cm³/mol. The molecule has 70 valence electrons. The van der Waals surface area contributed by atoms with Crippen LogP contribution in [0, 0.1) is 0 Å². The first-order valence-corrected chi connectivity index (χ1v) is 5.12. The van der Waals surface area contributed by atoms with Gasteiger partial charge in [0.15, 0.2) is 11.0 Å². The minimum Gasteiger partial charge on any atom is -0.249 e. The maximum atomic E-state index is 11.4. The molecule has 1 aliphatic heterocycles. The summed E-state index contributed by atoms with van der Waals surface area (Å²) in [5.41, 5.74) is 1.37. The minimum absolute atomic E-state index is 0.274. The van der Waals surface area contributed by atoms with Gasteiger partial charge in [-0.1, -0.05) is 12.1 Å². The lowest BCUT2D eigenvalue weighted by atomic mass is 10.3. The van der Waals surface area contributed by atoms with Crippen LogP contribution < -0.4 is 4.72 Å². The van der Waals surface area contributed by atoms with Crippen LogP contribution in [-0.2, 0) is 11.0 Å². The standard InChI is InChI=1S/C8H5N3O2S/c12-7-10-14(13)8-9-5-3-1-2-4-6(5)11(7)8/h1-4H,(H,10,12). The van der Waals surface area contributed by atoms with E-state index in [1.54, 1.807) is 12.1 Å². The van der Waals surface area contributed by atoms with Gasteiger partial charge in [-0.05, 0) is 12.1 Å². The smallest absolute Gasteiger partial charge is 0.249 e. The maximum Gasteiger partial charge on any atom is 0.340 e. The van der Waals surface area contributed by atoms with Crippen LogP contribution in [0.25, 0.3) is 11.0 Å². The van der Waals surface area contributed by atoms with E-state index in [-0.39, 0.29) is 11.2 Å². The van der Waals surface area contributed by atoms with Crippen molar-refractivity contribution in [1.29, 1.82) is 0 Å². The second kappa shape index (κ2) is 2.42. The van der Waals surface area contributed by atoms with Crippen molar-refractivity contribution in [2.24, 2.45) is 0 Å². The van der Waals surface area contributed by atoms with Crippen molar-refractivity contribution in [3.63, 3.8) is 0 Å². The fourth-order valence-electron chi connectivity index (χ4n) is 1.50. The summed E-state index contributed by atoms with van der Waals surface area (Å²) in [4.78, 5) is 15.5. The molecule has 3 rings (SSSR count). The molecule has 1 N–H and O–H groups in total. The van der Waals surface area contributed by atoms with Gasteiger partial charge in [0.05, 0.1) is 11.0 Å². The molecular weight excluding hydrogens is 202 g/mol. The Hall–Kier alpha value is -1.69. The zero-order valence-corrected chi connectivity index (χ0v) is 7.75. The third-order valence-corrected chi connectivity index (χ3v) is 3.04. The highest BCUT2D eigenvalue weighted by Gasteiger charge is 2.29. The molecule has 0 saturated carbocycles. The van der Waals surface area contributed by atoms with Gasteiger partial charge in [0.1, 0.15) is 0 Å². The SMILES string of the molecule is O=C1NS(=O)c2nc3ccccc3n21. The molecule has 0 radical (unpaired) electrons. The number of carbonyl (C=O) groups is 1. The molecular formula is C8H5N3O2S. The highest BCUT2D eigenvalue weighted by atomic mass is 32.2. The molecule has 14 heavy (non-hydrogen) atoms. The van der Waals surface area contributed by atoms with Crippen LogP contribution in [0.5, 0.6) is 0 Å². The Bertz CT molecular complexity index is 575. The first kappa shape index (κ1) is 7.69. The molecule has 5 nitrogen and oxygen atoms in total. The van der Waals surface area contributed by atoms with E-state index in [4.69, 9.17) is 0 Å². The Morgan fingerprint density at radius 3 is 3.00 bits per heavy atom. The summed E-state index contributed by atoms with van der Waals surface area (Å²) >= 11 is 0. The van der Waals surface area contributed by atoms with Crippen LogP contribution in [-0.4, -0.2) is 19.8 Å². The first-order chi connectivity index (χ1) is 6.77. The van der Waals surface area contributed by atoms with Crippen LogP contribution >= 0.6 is 0 Å². The number of nitrogens with one attached hydrogen (secondary N) is 1. The van der Waals surface area contributed by atoms with Gasteiger partial charge in [-0.3, -0.25) is 0 Å².